The van der Waals surface area contributed by atoms with Crippen LogP contribution in [-0.2, 0) is 13.0 Å². The van der Waals surface area contributed by atoms with Crippen LogP contribution in [-0.4, -0.2) is 19.0 Å². The Balaban J connectivity index is 1.93. The molecule has 122 valence electrons. The largest absolute Gasteiger partial charge is 0.469 e. The number of hydrogen-bond donors (Lipinski definition) is 2. The van der Waals surface area contributed by atoms with Crippen molar-refractivity contribution < 1.29 is 4.42 Å². The maximum Gasteiger partial charge on any atom is 0.191 e. The molecule has 0 spiro atoms. The second-order valence-electron chi connectivity index (χ2n) is 5.66. The molecule has 2 rings (SSSR count). The average Bonchev–Trinajstić information content (AvgIpc) is 3.04. The van der Waals surface area contributed by atoms with Gasteiger partial charge in [-0.1, -0.05) is 36.4 Å². The third kappa shape index (κ3) is 6.02. The quantitative estimate of drug-likeness (QED) is 0.468. The lowest BCUT2D eigenvalue weighted by Crippen LogP contribution is -2.39. The zero-order chi connectivity index (χ0) is 16.5. The molecule has 4 nitrogen and oxygen atoms in total. The minimum atomic E-state index is 0.652. The summed E-state index contributed by atoms with van der Waals surface area (Å²) in [5.74, 6) is 1.76. The van der Waals surface area contributed by atoms with Crippen molar-refractivity contribution >= 4 is 5.96 Å². The molecular weight excluding hydrogens is 286 g/mol. The highest BCUT2D eigenvalue weighted by Gasteiger charge is 2.02. The summed E-state index contributed by atoms with van der Waals surface area (Å²) in [5.41, 5.74) is 3.56. The molecule has 0 radical (unpaired) electrons. The number of hydrogen-bond acceptors (Lipinski definition) is 2. The predicted octanol–water partition coefficient (Wildman–Crippen LogP) is 3.44. The van der Waals surface area contributed by atoms with Gasteiger partial charge in [0.1, 0.15) is 5.76 Å². The summed E-state index contributed by atoms with van der Waals surface area (Å²) in [7, 11) is 0. The van der Waals surface area contributed by atoms with Crippen molar-refractivity contribution in [2.75, 3.05) is 13.1 Å². The van der Waals surface area contributed by atoms with Crippen LogP contribution in [0.2, 0.25) is 0 Å². The van der Waals surface area contributed by atoms with E-state index in [4.69, 9.17) is 4.42 Å². The van der Waals surface area contributed by atoms with Crippen molar-refractivity contribution in [1.82, 2.24) is 10.6 Å². The van der Waals surface area contributed by atoms with Crippen LogP contribution in [0.25, 0.3) is 0 Å². The van der Waals surface area contributed by atoms with Crippen LogP contribution in [0.3, 0.4) is 0 Å². The average molecular weight is 311 g/mol. The molecule has 0 saturated carbocycles. The minimum Gasteiger partial charge on any atom is -0.469 e. The van der Waals surface area contributed by atoms with E-state index in [-0.39, 0.29) is 0 Å². The number of guanidine groups is 1. The summed E-state index contributed by atoms with van der Waals surface area (Å²) in [6.45, 7) is 10.1. The SMILES string of the molecule is C=C(C)CNC(=NCc1ccccc1C)NCCc1ccco1. The third-order valence-corrected chi connectivity index (χ3v) is 3.47. The molecule has 0 amide bonds. The first-order valence-electron chi connectivity index (χ1n) is 7.88. The molecule has 0 aliphatic rings. The molecule has 0 unspecified atom stereocenters. The van der Waals surface area contributed by atoms with Crippen molar-refractivity contribution in [3.05, 3.63) is 71.7 Å². The Kier molecular flexibility index (Phi) is 6.48. The van der Waals surface area contributed by atoms with Gasteiger partial charge in [-0.25, -0.2) is 4.99 Å². The summed E-state index contributed by atoms with van der Waals surface area (Å²) < 4.78 is 5.34. The lowest BCUT2D eigenvalue weighted by molar-refractivity contribution is 0.507. The van der Waals surface area contributed by atoms with Crippen molar-refractivity contribution in [2.24, 2.45) is 4.99 Å². The van der Waals surface area contributed by atoms with Gasteiger partial charge in [-0.05, 0) is 37.1 Å². The first-order chi connectivity index (χ1) is 11.1. The number of aryl methyl sites for hydroxylation is 1. The Labute approximate surface area is 138 Å². The fourth-order valence-corrected chi connectivity index (χ4v) is 2.12. The predicted molar refractivity (Wildman–Crippen MR) is 95.5 cm³/mol. The fourth-order valence-electron chi connectivity index (χ4n) is 2.12. The first-order valence-corrected chi connectivity index (χ1v) is 7.88. The Morgan fingerprint density at radius 2 is 2.00 bits per heavy atom. The molecule has 2 N–H and O–H groups in total. The first kappa shape index (κ1) is 16.9. The lowest BCUT2D eigenvalue weighted by atomic mass is 10.1. The highest BCUT2D eigenvalue weighted by molar-refractivity contribution is 5.80. The van der Waals surface area contributed by atoms with Gasteiger partial charge >= 0.3 is 0 Å². The van der Waals surface area contributed by atoms with Crippen LogP contribution in [0.15, 0.2) is 64.2 Å². The zero-order valence-electron chi connectivity index (χ0n) is 13.9. The van der Waals surface area contributed by atoms with E-state index in [1.165, 1.54) is 11.1 Å². The molecule has 1 aromatic carbocycles. The Morgan fingerprint density at radius 3 is 2.70 bits per heavy atom. The van der Waals surface area contributed by atoms with Crippen LogP contribution in [0.1, 0.15) is 23.8 Å². The minimum absolute atomic E-state index is 0.652. The van der Waals surface area contributed by atoms with E-state index in [0.717, 1.165) is 30.3 Å². The van der Waals surface area contributed by atoms with Crippen molar-refractivity contribution in [1.29, 1.82) is 0 Å². The topological polar surface area (TPSA) is 49.6 Å². The molecule has 0 aliphatic carbocycles. The van der Waals surface area contributed by atoms with Gasteiger partial charge in [0, 0.05) is 19.5 Å². The Bertz CT molecular complexity index is 644. The number of benzene rings is 1. The number of nitrogens with zero attached hydrogens (tertiary/aromatic N) is 1. The van der Waals surface area contributed by atoms with Gasteiger partial charge in [-0.15, -0.1) is 0 Å². The smallest absolute Gasteiger partial charge is 0.191 e. The highest BCUT2D eigenvalue weighted by Crippen LogP contribution is 2.08. The van der Waals surface area contributed by atoms with Crippen LogP contribution in [0.5, 0.6) is 0 Å². The molecule has 0 fully saturated rings. The van der Waals surface area contributed by atoms with Gasteiger partial charge in [0.25, 0.3) is 0 Å². The molecular formula is C19H25N3O. The second-order valence-corrected chi connectivity index (χ2v) is 5.66. The van der Waals surface area contributed by atoms with E-state index < -0.39 is 0 Å². The molecule has 1 aromatic heterocycles. The molecule has 0 atom stereocenters. The summed E-state index contributed by atoms with van der Waals surface area (Å²) in [4.78, 5) is 4.67. The zero-order valence-corrected chi connectivity index (χ0v) is 13.9. The van der Waals surface area contributed by atoms with Gasteiger partial charge in [-0.2, -0.15) is 0 Å². The van der Waals surface area contributed by atoms with Crippen LogP contribution < -0.4 is 10.6 Å². The third-order valence-electron chi connectivity index (χ3n) is 3.47. The van der Waals surface area contributed by atoms with Crippen molar-refractivity contribution in [2.45, 2.75) is 26.8 Å². The molecule has 4 heteroatoms. The van der Waals surface area contributed by atoms with Gasteiger partial charge in [0.15, 0.2) is 5.96 Å². The van der Waals surface area contributed by atoms with Crippen molar-refractivity contribution in [3.8, 4) is 0 Å². The van der Waals surface area contributed by atoms with E-state index in [1.54, 1.807) is 6.26 Å². The van der Waals surface area contributed by atoms with Gasteiger partial charge < -0.3 is 15.1 Å². The number of nitrogens with one attached hydrogen (secondary N) is 2. The van der Waals surface area contributed by atoms with Gasteiger partial charge in [-0.3, -0.25) is 0 Å². The maximum atomic E-state index is 5.34. The van der Waals surface area contributed by atoms with E-state index in [2.05, 4.69) is 41.3 Å². The number of aliphatic imine (C=N–C) groups is 1. The normalized spacial score (nSPS) is 11.3. The summed E-state index contributed by atoms with van der Waals surface area (Å²) in [6, 6.07) is 12.2. The monoisotopic (exact) mass is 311 g/mol. The molecule has 0 saturated heterocycles. The van der Waals surface area contributed by atoms with Crippen LogP contribution >= 0.6 is 0 Å². The second kappa shape index (κ2) is 8.83. The lowest BCUT2D eigenvalue weighted by Gasteiger charge is -2.12. The van der Waals surface area contributed by atoms with Crippen molar-refractivity contribution in [3.63, 3.8) is 0 Å². The molecule has 0 aliphatic heterocycles. The van der Waals surface area contributed by atoms with E-state index in [0.29, 0.717) is 13.1 Å². The fraction of sp³-hybridized carbons (Fsp3) is 0.316. The maximum absolute atomic E-state index is 5.34. The summed E-state index contributed by atoms with van der Waals surface area (Å²) in [6.07, 6.45) is 2.52. The van der Waals surface area contributed by atoms with Crippen LogP contribution in [0.4, 0.5) is 0 Å². The van der Waals surface area contributed by atoms with E-state index in [9.17, 15) is 0 Å². The standard InChI is InChI=1S/C19H25N3O/c1-15(2)13-21-19(20-11-10-18-9-6-12-23-18)22-14-17-8-5-4-7-16(17)3/h4-9,12H,1,10-11,13-14H2,2-3H3,(H2,20,21,22). The molecule has 23 heavy (non-hydrogen) atoms. The van der Waals surface area contributed by atoms with Gasteiger partial charge in [0.05, 0.1) is 12.8 Å². The molecule has 2 aromatic rings. The Morgan fingerprint density at radius 1 is 1.17 bits per heavy atom. The summed E-state index contributed by atoms with van der Waals surface area (Å²) >= 11 is 0. The molecule has 0 bridgehead atoms. The Hall–Kier alpha value is -2.49. The molecule has 1 heterocycles. The number of furan rings is 1. The van der Waals surface area contributed by atoms with Gasteiger partial charge in [0.2, 0.25) is 0 Å². The van der Waals surface area contributed by atoms with Crippen LogP contribution in [0, 0.1) is 6.92 Å². The van der Waals surface area contributed by atoms with E-state index >= 15 is 0 Å². The summed E-state index contributed by atoms with van der Waals surface area (Å²) in [5, 5.41) is 6.64. The highest BCUT2D eigenvalue weighted by atomic mass is 16.3. The van der Waals surface area contributed by atoms with E-state index in [1.807, 2.05) is 31.2 Å². The number of rotatable bonds is 7.